The molecule has 1 unspecified atom stereocenters. The fraction of sp³-hybridized carbons (Fsp3) is 0.647. The molecule has 20 heavy (non-hydrogen) atoms. The highest BCUT2D eigenvalue weighted by Gasteiger charge is 2.35. The molecule has 3 heteroatoms. The van der Waals surface area contributed by atoms with Gasteiger partial charge in [-0.3, -0.25) is 11.3 Å². The third kappa shape index (κ3) is 3.40. The number of hydrogen-bond acceptors (Lipinski definition) is 3. The summed E-state index contributed by atoms with van der Waals surface area (Å²) in [5.74, 6) is 5.83. The summed E-state index contributed by atoms with van der Waals surface area (Å²) in [5, 5.41) is 0. The van der Waals surface area contributed by atoms with Crippen LogP contribution < -0.4 is 11.3 Å². The van der Waals surface area contributed by atoms with E-state index in [4.69, 9.17) is 10.6 Å². The van der Waals surface area contributed by atoms with E-state index < -0.39 is 0 Å². The van der Waals surface area contributed by atoms with Crippen LogP contribution in [-0.2, 0) is 11.2 Å². The third-order valence-electron chi connectivity index (χ3n) is 4.69. The first-order valence-corrected chi connectivity index (χ1v) is 7.52. The molecule has 1 aromatic rings. The topological polar surface area (TPSA) is 47.3 Å². The largest absolute Gasteiger partial charge is 0.377 e. The second-order valence-corrected chi connectivity index (χ2v) is 5.78. The zero-order valence-electron chi connectivity index (χ0n) is 13.8. The van der Waals surface area contributed by atoms with Crippen molar-refractivity contribution in [1.82, 2.24) is 5.43 Å². The van der Waals surface area contributed by atoms with Gasteiger partial charge in [-0.25, -0.2) is 0 Å². The van der Waals surface area contributed by atoms with E-state index in [9.17, 15) is 0 Å². The van der Waals surface area contributed by atoms with E-state index in [1.165, 1.54) is 22.3 Å². The summed E-state index contributed by atoms with van der Waals surface area (Å²) in [5.41, 5.74) is 8.13. The Kier molecular flexibility index (Phi) is 6.18. The summed E-state index contributed by atoms with van der Waals surface area (Å²) in [6.45, 7) is 10.8. The van der Waals surface area contributed by atoms with Gasteiger partial charge in [0.05, 0.1) is 11.6 Å². The lowest BCUT2D eigenvalue weighted by atomic mass is 9.82. The number of hydrazine groups is 1. The van der Waals surface area contributed by atoms with Crippen molar-refractivity contribution in [3.63, 3.8) is 0 Å². The number of aryl methyl sites for hydroxylation is 3. The van der Waals surface area contributed by atoms with Gasteiger partial charge in [-0.15, -0.1) is 0 Å². The van der Waals surface area contributed by atoms with Gasteiger partial charge in [-0.2, -0.15) is 0 Å². The molecular formula is C17H30N2O. The number of benzene rings is 1. The van der Waals surface area contributed by atoms with Gasteiger partial charge < -0.3 is 4.74 Å². The number of hydrogen-bond donors (Lipinski definition) is 2. The zero-order valence-corrected chi connectivity index (χ0v) is 13.8. The molecular weight excluding hydrogens is 248 g/mol. The molecule has 0 fully saturated rings. The van der Waals surface area contributed by atoms with Gasteiger partial charge in [-0.1, -0.05) is 31.5 Å². The maximum atomic E-state index is 5.83. The fourth-order valence-electron chi connectivity index (χ4n) is 3.31. The van der Waals surface area contributed by atoms with Crippen LogP contribution in [0.3, 0.4) is 0 Å². The van der Waals surface area contributed by atoms with Crippen LogP contribution in [0.1, 0.15) is 48.9 Å². The van der Waals surface area contributed by atoms with Crippen molar-refractivity contribution < 1.29 is 4.74 Å². The highest BCUT2D eigenvalue weighted by atomic mass is 16.5. The highest BCUT2D eigenvalue weighted by molar-refractivity contribution is 5.38. The lowest BCUT2D eigenvalue weighted by molar-refractivity contribution is -0.0473. The second-order valence-electron chi connectivity index (χ2n) is 5.78. The molecule has 0 spiro atoms. The molecule has 0 aliphatic carbocycles. The van der Waals surface area contributed by atoms with Crippen LogP contribution >= 0.6 is 0 Å². The van der Waals surface area contributed by atoms with Gasteiger partial charge in [0.2, 0.25) is 0 Å². The second kappa shape index (κ2) is 7.21. The van der Waals surface area contributed by atoms with Crippen molar-refractivity contribution in [2.75, 3.05) is 7.11 Å². The Morgan fingerprint density at radius 3 is 2.00 bits per heavy atom. The summed E-state index contributed by atoms with van der Waals surface area (Å²) in [6, 6.07) is 4.59. The van der Waals surface area contributed by atoms with E-state index in [-0.39, 0.29) is 11.6 Å². The summed E-state index contributed by atoms with van der Waals surface area (Å²) in [4.78, 5) is 0. The first kappa shape index (κ1) is 17.2. The van der Waals surface area contributed by atoms with Crippen molar-refractivity contribution in [2.24, 2.45) is 5.84 Å². The number of nitrogens with one attached hydrogen (secondary N) is 1. The Hall–Kier alpha value is -0.900. The number of ether oxygens (including phenoxy) is 1. The van der Waals surface area contributed by atoms with Gasteiger partial charge in [0.1, 0.15) is 0 Å². The predicted octanol–water partition coefficient (Wildman–Crippen LogP) is 3.19. The summed E-state index contributed by atoms with van der Waals surface area (Å²) in [6.07, 6.45) is 2.78. The van der Waals surface area contributed by atoms with E-state index in [1.807, 2.05) is 0 Å². The van der Waals surface area contributed by atoms with Crippen molar-refractivity contribution in [2.45, 2.75) is 65.5 Å². The molecule has 1 atom stereocenters. The van der Waals surface area contributed by atoms with Crippen LogP contribution in [0.4, 0.5) is 0 Å². The smallest absolute Gasteiger partial charge is 0.0842 e. The average Bonchev–Trinajstić information content (AvgIpc) is 2.42. The first-order chi connectivity index (χ1) is 9.43. The van der Waals surface area contributed by atoms with Crippen LogP contribution in [0.15, 0.2) is 12.1 Å². The maximum Gasteiger partial charge on any atom is 0.0842 e. The molecule has 0 saturated carbocycles. The molecule has 0 saturated heterocycles. The Balaban J connectivity index is 3.11. The molecule has 0 aliphatic rings. The van der Waals surface area contributed by atoms with E-state index in [0.717, 1.165) is 19.3 Å². The average molecular weight is 278 g/mol. The lowest BCUT2D eigenvalue weighted by Gasteiger charge is -2.38. The first-order valence-electron chi connectivity index (χ1n) is 7.52. The molecule has 3 N–H and O–H groups in total. The van der Waals surface area contributed by atoms with Crippen LogP contribution in [0, 0.1) is 20.8 Å². The molecule has 0 aromatic heterocycles. The Labute approximate surface area is 123 Å². The normalized spacial score (nSPS) is 13.6. The monoisotopic (exact) mass is 278 g/mol. The van der Waals surface area contributed by atoms with Crippen molar-refractivity contribution in [3.05, 3.63) is 34.4 Å². The number of nitrogens with two attached hydrogens (primary N) is 1. The van der Waals surface area contributed by atoms with Crippen LogP contribution in [-0.4, -0.2) is 18.8 Å². The fourth-order valence-corrected chi connectivity index (χ4v) is 3.31. The van der Waals surface area contributed by atoms with Gasteiger partial charge in [-0.05, 0) is 56.7 Å². The molecule has 1 aromatic carbocycles. The Morgan fingerprint density at radius 1 is 1.15 bits per heavy atom. The maximum absolute atomic E-state index is 5.83. The minimum absolute atomic E-state index is 0.114. The summed E-state index contributed by atoms with van der Waals surface area (Å²) in [7, 11) is 1.78. The van der Waals surface area contributed by atoms with Crippen LogP contribution in [0.25, 0.3) is 0 Å². The summed E-state index contributed by atoms with van der Waals surface area (Å²) >= 11 is 0. The van der Waals surface area contributed by atoms with E-state index in [0.29, 0.717) is 0 Å². The van der Waals surface area contributed by atoms with E-state index in [2.05, 4.69) is 52.2 Å². The number of methoxy groups -OCH3 is 1. The highest BCUT2D eigenvalue weighted by Crippen LogP contribution is 2.28. The van der Waals surface area contributed by atoms with Crippen LogP contribution in [0.5, 0.6) is 0 Å². The standard InChI is InChI=1S/C17H30N2O/c1-7-17(8-2,20-6)16(19-18)11-15-13(4)9-12(3)10-14(15)5/h9-10,16,19H,7-8,11,18H2,1-6H3. The van der Waals surface area contributed by atoms with Crippen molar-refractivity contribution in [1.29, 1.82) is 0 Å². The molecule has 0 bridgehead atoms. The SMILES string of the molecule is CCC(CC)(OC)C(Cc1c(C)cc(C)cc1C)NN. The zero-order chi connectivity index (χ0) is 15.3. The summed E-state index contributed by atoms with van der Waals surface area (Å²) < 4.78 is 5.82. The predicted molar refractivity (Wildman–Crippen MR) is 85.8 cm³/mol. The van der Waals surface area contributed by atoms with Crippen LogP contribution in [0.2, 0.25) is 0 Å². The molecule has 1 rings (SSSR count). The molecule has 114 valence electrons. The minimum Gasteiger partial charge on any atom is -0.377 e. The van der Waals surface area contributed by atoms with Crippen molar-refractivity contribution >= 4 is 0 Å². The minimum atomic E-state index is -0.210. The molecule has 0 radical (unpaired) electrons. The molecule has 0 aliphatic heterocycles. The Bertz CT molecular complexity index is 407. The lowest BCUT2D eigenvalue weighted by Crippen LogP contribution is -2.55. The van der Waals surface area contributed by atoms with Crippen molar-refractivity contribution in [3.8, 4) is 0 Å². The number of rotatable bonds is 7. The van der Waals surface area contributed by atoms with E-state index in [1.54, 1.807) is 7.11 Å². The van der Waals surface area contributed by atoms with Gasteiger partial charge in [0, 0.05) is 7.11 Å². The van der Waals surface area contributed by atoms with Gasteiger partial charge in [0.15, 0.2) is 0 Å². The molecule has 0 heterocycles. The Morgan fingerprint density at radius 2 is 1.65 bits per heavy atom. The van der Waals surface area contributed by atoms with Gasteiger partial charge in [0.25, 0.3) is 0 Å². The molecule has 0 amide bonds. The quantitative estimate of drug-likeness (QED) is 0.595. The van der Waals surface area contributed by atoms with E-state index >= 15 is 0 Å². The third-order valence-corrected chi connectivity index (χ3v) is 4.69. The van der Waals surface area contributed by atoms with Gasteiger partial charge >= 0.3 is 0 Å². The molecule has 3 nitrogen and oxygen atoms in total.